The second-order valence-corrected chi connectivity index (χ2v) is 0. The van der Waals surface area contributed by atoms with E-state index in [-0.39, 0.29) is 63.9 Å². The zero-order chi connectivity index (χ0) is 0. The maximum atomic E-state index is 0. The van der Waals surface area contributed by atoms with Crippen molar-refractivity contribution in [1.82, 2.24) is 0 Å². The molecule has 0 heterocycles. The Morgan fingerprint density at radius 3 is 0.750 bits per heavy atom. The molecule has 4 heteroatoms. The Balaban J connectivity index is 0. The number of hydrogen-bond acceptors (Lipinski definition) is 0. The fraction of sp³-hybridized carbons (Fsp3) is 0. The van der Waals surface area contributed by atoms with E-state index in [2.05, 4.69) is 0 Å². The van der Waals surface area contributed by atoms with Crippen molar-refractivity contribution < 1.29 is 45.0 Å². The van der Waals surface area contributed by atoms with Crippen LogP contribution in [0, 0.1) is 35.6 Å². The van der Waals surface area contributed by atoms with Crippen molar-refractivity contribution in [3.63, 3.8) is 0 Å². The summed E-state index contributed by atoms with van der Waals surface area (Å²) >= 11 is 0. The predicted octanol–water partition coefficient (Wildman–Crippen LogP) is -0.343. The SMILES string of the molecule is F.F.[La].[LiH]. The molecule has 0 N–H and O–H groups in total. The molecule has 0 aliphatic rings. The molecule has 4 heavy (non-hydrogen) atoms. The molecule has 0 aromatic carbocycles. The van der Waals surface area contributed by atoms with Gasteiger partial charge in [0.25, 0.3) is 0 Å². The monoisotopic (exact) mass is 187 g/mol. The third-order valence-electron chi connectivity index (χ3n) is 0. The summed E-state index contributed by atoms with van der Waals surface area (Å²) in [5.41, 5.74) is 0. The van der Waals surface area contributed by atoms with Crippen molar-refractivity contribution in [3.8, 4) is 0 Å². The van der Waals surface area contributed by atoms with Crippen LogP contribution in [0.4, 0.5) is 9.41 Å². The minimum absolute atomic E-state index is 0. The van der Waals surface area contributed by atoms with Gasteiger partial charge in [0.05, 0.1) is 0 Å². The van der Waals surface area contributed by atoms with Crippen LogP contribution in [0.2, 0.25) is 0 Å². The molecule has 0 aromatic rings. The van der Waals surface area contributed by atoms with Crippen molar-refractivity contribution in [1.29, 1.82) is 0 Å². The summed E-state index contributed by atoms with van der Waals surface area (Å²) in [5, 5.41) is 0. The summed E-state index contributed by atoms with van der Waals surface area (Å²) in [4.78, 5) is 0. The van der Waals surface area contributed by atoms with E-state index < -0.39 is 0 Å². The Labute approximate surface area is 63.2 Å². The van der Waals surface area contributed by atoms with E-state index in [1.54, 1.807) is 0 Å². The van der Waals surface area contributed by atoms with Gasteiger partial charge < -0.3 is 0 Å². The average molecular weight is 187 g/mol. The Kier molecular flexibility index (Phi) is 255. The van der Waals surface area contributed by atoms with Crippen LogP contribution in [0.1, 0.15) is 0 Å². The van der Waals surface area contributed by atoms with Crippen LogP contribution in [0.25, 0.3) is 0 Å². The molecule has 0 fully saturated rings. The van der Waals surface area contributed by atoms with E-state index in [0.717, 1.165) is 0 Å². The molecule has 0 unspecified atom stereocenters. The van der Waals surface area contributed by atoms with E-state index in [4.69, 9.17) is 0 Å². The Morgan fingerprint density at radius 1 is 0.750 bits per heavy atom. The minimum atomic E-state index is 0. The van der Waals surface area contributed by atoms with Gasteiger partial charge in [0.15, 0.2) is 0 Å². The zero-order valence-electron chi connectivity index (χ0n) is 1.39. The van der Waals surface area contributed by atoms with Gasteiger partial charge in [-0.15, -0.1) is 0 Å². The van der Waals surface area contributed by atoms with E-state index >= 15 is 0 Å². The molecule has 0 aliphatic carbocycles. The molecule has 0 nitrogen and oxygen atoms in total. The average Bonchev–Trinajstić information content (AvgIpc) is 0. The first-order valence-corrected chi connectivity index (χ1v) is 0. The first kappa shape index (κ1) is 44.8. The Bertz CT molecular complexity index is 6.00. The van der Waals surface area contributed by atoms with Crippen LogP contribution >= 0.6 is 0 Å². The van der Waals surface area contributed by atoms with Gasteiger partial charge in [-0.1, -0.05) is 0 Å². The van der Waals surface area contributed by atoms with Crippen molar-refractivity contribution in [3.05, 3.63) is 0 Å². The number of rotatable bonds is 0. The summed E-state index contributed by atoms with van der Waals surface area (Å²) in [6.45, 7) is 0. The molecule has 0 aromatic heterocycles. The Morgan fingerprint density at radius 2 is 0.750 bits per heavy atom. The predicted molar refractivity (Wildman–Crippen MR) is 12.2 cm³/mol. The van der Waals surface area contributed by atoms with Crippen LogP contribution < -0.4 is 0 Å². The van der Waals surface area contributed by atoms with Gasteiger partial charge in [0, 0.05) is 35.6 Å². The molecule has 0 atom stereocenters. The maximum absolute atomic E-state index is 0. The summed E-state index contributed by atoms with van der Waals surface area (Å²) < 4.78 is 0. The molecule has 0 aliphatic heterocycles. The molecule has 0 rings (SSSR count). The summed E-state index contributed by atoms with van der Waals surface area (Å²) in [6, 6.07) is 0. The second kappa shape index (κ2) is 22.7. The number of halogens is 2. The topological polar surface area (TPSA) is 0 Å². The van der Waals surface area contributed by atoms with E-state index in [9.17, 15) is 0 Å². The van der Waals surface area contributed by atoms with E-state index in [0.29, 0.717) is 0 Å². The standard InChI is InChI=1S/2FH.La.Li.H/h2*1H;;;. The van der Waals surface area contributed by atoms with Gasteiger partial charge in [0.1, 0.15) is 0 Å². The van der Waals surface area contributed by atoms with E-state index in [1.807, 2.05) is 0 Å². The fourth-order valence-corrected chi connectivity index (χ4v) is 0. The van der Waals surface area contributed by atoms with Gasteiger partial charge in [-0.3, -0.25) is 9.41 Å². The summed E-state index contributed by atoms with van der Waals surface area (Å²) in [5.74, 6) is 0. The molecule has 21 valence electrons. The molecule has 0 bridgehead atoms. The van der Waals surface area contributed by atoms with Crippen molar-refractivity contribution in [2.75, 3.05) is 0 Å². The molecule has 0 saturated carbocycles. The zero-order valence-corrected chi connectivity index (χ0v) is 5.02. The van der Waals surface area contributed by atoms with Crippen LogP contribution in [-0.2, 0) is 0 Å². The summed E-state index contributed by atoms with van der Waals surface area (Å²) in [6.07, 6.45) is 0. The van der Waals surface area contributed by atoms with Gasteiger partial charge in [0.2, 0.25) is 0 Å². The second-order valence-electron chi connectivity index (χ2n) is 0. The van der Waals surface area contributed by atoms with Crippen LogP contribution in [0.5, 0.6) is 0 Å². The molecular formula is H3F2LaLi. The molecule has 0 saturated heterocycles. The van der Waals surface area contributed by atoms with E-state index in [1.165, 1.54) is 0 Å². The van der Waals surface area contributed by atoms with Crippen LogP contribution in [-0.4, -0.2) is 18.9 Å². The van der Waals surface area contributed by atoms with Crippen LogP contribution in [0.15, 0.2) is 0 Å². The third kappa shape index (κ3) is 9.41. The Hall–Kier alpha value is 1.65. The van der Waals surface area contributed by atoms with Gasteiger partial charge in [-0.05, 0) is 0 Å². The normalized spacial score (nSPS) is 0. The summed E-state index contributed by atoms with van der Waals surface area (Å²) in [7, 11) is 0. The third-order valence-corrected chi connectivity index (χ3v) is 0. The first-order chi connectivity index (χ1) is 0. The quantitative estimate of drug-likeness (QED) is 0.455. The molecular weight excluding hydrogens is 184 g/mol. The van der Waals surface area contributed by atoms with Gasteiger partial charge in [-0.2, -0.15) is 0 Å². The van der Waals surface area contributed by atoms with Crippen molar-refractivity contribution in [2.24, 2.45) is 0 Å². The first-order valence-electron chi connectivity index (χ1n) is 0. The van der Waals surface area contributed by atoms with Crippen molar-refractivity contribution >= 4 is 18.9 Å². The molecule has 1 radical (unpaired) electrons. The molecule has 0 amide bonds. The van der Waals surface area contributed by atoms with Gasteiger partial charge >= 0.3 is 18.9 Å². The molecule has 0 spiro atoms. The number of hydrogen-bond donors (Lipinski definition) is 0. The fourth-order valence-electron chi connectivity index (χ4n) is 0. The van der Waals surface area contributed by atoms with Crippen molar-refractivity contribution in [2.45, 2.75) is 0 Å². The van der Waals surface area contributed by atoms with Crippen LogP contribution in [0.3, 0.4) is 0 Å². The van der Waals surface area contributed by atoms with Gasteiger partial charge in [-0.25, -0.2) is 0 Å².